The van der Waals surface area contributed by atoms with Gasteiger partial charge < -0.3 is 9.79 Å². The first-order chi connectivity index (χ1) is 9.05. The zero-order valence-corrected chi connectivity index (χ0v) is 11.3. The number of hydrogen-bond donors (Lipinski definition) is 2. The van der Waals surface area contributed by atoms with Crippen molar-refractivity contribution >= 4 is 12.9 Å². The van der Waals surface area contributed by atoms with Crippen molar-refractivity contribution in [2.24, 2.45) is 0 Å². The molecule has 0 spiro atoms. The molecular weight excluding hydrogens is 259 g/mol. The summed E-state index contributed by atoms with van der Waals surface area (Å²) in [5.74, 6) is 0. The summed E-state index contributed by atoms with van der Waals surface area (Å²) < 4.78 is 11.6. The topological polar surface area (TPSA) is 57.5 Å². The van der Waals surface area contributed by atoms with Crippen LogP contribution in [0.25, 0.3) is 0 Å². The van der Waals surface area contributed by atoms with E-state index in [0.29, 0.717) is 6.42 Å². The van der Waals surface area contributed by atoms with Crippen molar-refractivity contribution < 1.29 is 14.4 Å². The third-order valence-electron chi connectivity index (χ3n) is 3.71. The largest absolute Gasteiger partial charge is 0.356 e. The summed E-state index contributed by atoms with van der Waals surface area (Å²) in [7, 11) is -4.19. The highest BCUT2D eigenvalue weighted by Gasteiger charge is 2.24. The Labute approximate surface area is 112 Å². The Morgan fingerprint density at radius 3 is 2.26 bits per heavy atom. The number of fused-ring (bicyclic) bond motifs is 2. The molecule has 2 aromatic rings. The molecule has 4 heteroatoms. The van der Waals surface area contributed by atoms with Gasteiger partial charge in [0.2, 0.25) is 0 Å². The number of benzene rings is 2. The van der Waals surface area contributed by atoms with Gasteiger partial charge in [-0.05, 0) is 47.6 Å². The molecule has 0 heterocycles. The molecule has 19 heavy (non-hydrogen) atoms. The minimum Gasteiger partial charge on any atom is -0.321 e. The SMILES string of the molecule is O=P(O)(O)c1cccc2c1CCc1ccccc1C2. The van der Waals surface area contributed by atoms with E-state index in [4.69, 9.17) is 0 Å². The van der Waals surface area contributed by atoms with Crippen molar-refractivity contribution in [3.05, 3.63) is 64.7 Å². The first-order valence-electron chi connectivity index (χ1n) is 6.29. The van der Waals surface area contributed by atoms with Gasteiger partial charge in [0, 0.05) is 0 Å². The predicted octanol–water partition coefficient (Wildman–Crippen LogP) is 2.18. The van der Waals surface area contributed by atoms with Gasteiger partial charge >= 0.3 is 7.60 Å². The van der Waals surface area contributed by atoms with E-state index in [2.05, 4.69) is 12.1 Å². The summed E-state index contributed by atoms with van der Waals surface area (Å²) in [5, 5.41) is 0.192. The van der Waals surface area contributed by atoms with Gasteiger partial charge in [0.15, 0.2) is 0 Å². The molecule has 3 rings (SSSR count). The van der Waals surface area contributed by atoms with Crippen LogP contribution in [0.3, 0.4) is 0 Å². The molecule has 3 nitrogen and oxygen atoms in total. The fourth-order valence-corrected chi connectivity index (χ4v) is 3.67. The lowest BCUT2D eigenvalue weighted by atomic mass is 10.0. The zero-order chi connectivity index (χ0) is 13.5. The Balaban J connectivity index is 2.14. The molecule has 1 aliphatic rings. The fourth-order valence-electron chi connectivity index (χ4n) is 2.79. The molecule has 2 aromatic carbocycles. The van der Waals surface area contributed by atoms with Gasteiger partial charge in [0.25, 0.3) is 0 Å². The van der Waals surface area contributed by atoms with E-state index in [1.165, 1.54) is 11.1 Å². The Morgan fingerprint density at radius 2 is 1.53 bits per heavy atom. The molecule has 0 fully saturated rings. The average molecular weight is 274 g/mol. The standard InChI is InChI=1S/C15H15O3P/c16-19(17,18)15-7-3-6-13-10-12-5-2-1-4-11(12)8-9-14(13)15/h1-7H,8-10H2,(H2,16,17,18). The average Bonchev–Trinajstić information content (AvgIpc) is 2.55. The summed E-state index contributed by atoms with van der Waals surface area (Å²) in [5.41, 5.74) is 4.39. The van der Waals surface area contributed by atoms with Crippen molar-refractivity contribution in [3.8, 4) is 0 Å². The lowest BCUT2D eigenvalue weighted by molar-refractivity contribution is 0.387. The van der Waals surface area contributed by atoms with Crippen LogP contribution in [0.15, 0.2) is 42.5 Å². The molecule has 0 radical (unpaired) electrons. The van der Waals surface area contributed by atoms with E-state index < -0.39 is 7.60 Å². The van der Waals surface area contributed by atoms with E-state index in [9.17, 15) is 14.4 Å². The van der Waals surface area contributed by atoms with E-state index in [1.807, 2.05) is 18.2 Å². The summed E-state index contributed by atoms with van der Waals surface area (Å²) in [4.78, 5) is 18.9. The second kappa shape index (κ2) is 4.61. The summed E-state index contributed by atoms with van der Waals surface area (Å²) in [6, 6.07) is 13.5. The molecule has 0 aliphatic heterocycles. The van der Waals surface area contributed by atoms with Crippen LogP contribution in [0.4, 0.5) is 0 Å². The van der Waals surface area contributed by atoms with Gasteiger partial charge in [-0.1, -0.05) is 36.4 Å². The minimum absolute atomic E-state index is 0.192. The van der Waals surface area contributed by atoms with E-state index in [1.54, 1.807) is 12.1 Å². The number of aryl methyl sites for hydroxylation is 1. The molecule has 0 saturated carbocycles. The Bertz CT molecular complexity index is 673. The van der Waals surface area contributed by atoms with Gasteiger partial charge in [-0.2, -0.15) is 0 Å². The van der Waals surface area contributed by atoms with Gasteiger partial charge in [-0.15, -0.1) is 0 Å². The highest BCUT2D eigenvalue weighted by atomic mass is 31.2. The van der Waals surface area contributed by atoms with Crippen LogP contribution in [0.1, 0.15) is 22.3 Å². The van der Waals surface area contributed by atoms with Crippen molar-refractivity contribution in [1.82, 2.24) is 0 Å². The van der Waals surface area contributed by atoms with Crippen LogP contribution >= 0.6 is 7.60 Å². The van der Waals surface area contributed by atoms with Crippen LogP contribution in [0.5, 0.6) is 0 Å². The molecular formula is C15H15O3P. The van der Waals surface area contributed by atoms with E-state index >= 15 is 0 Å². The van der Waals surface area contributed by atoms with Crippen molar-refractivity contribution in [1.29, 1.82) is 0 Å². The lowest BCUT2D eigenvalue weighted by Gasteiger charge is -2.13. The highest BCUT2D eigenvalue weighted by Crippen LogP contribution is 2.37. The Morgan fingerprint density at radius 1 is 0.842 bits per heavy atom. The lowest BCUT2D eigenvalue weighted by Crippen LogP contribution is -2.13. The van der Waals surface area contributed by atoms with Crippen molar-refractivity contribution in [2.75, 3.05) is 0 Å². The van der Waals surface area contributed by atoms with E-state index in [0.717, 1.165) is 24.0 Å². The van der Waals surface area contributed by atoms with Crippen molar-refractivity contribution in [3.63, 3.8) is 0 Å². The maximum absolute atomic E-state index is 11.6. The predicted molar refractivity (Wildman–Crippen MR) is 74.8 cm³/mol. The van der Waals surface area contributed by atoms with Crippen LogP contribution < -0.4 is 5.30 Å². The summed E-state index contributed by atoms with van der Waals surface area (Å²) in [6.45, 7) is 0. The van der Waals surface area contributed by atoms with E-state index in [-0.39, 0.29) is 5.30 Å². The highest BCUT2D eigenvalue weighted by molar-refractivity contribution is 7.60. The minimum atomic E-state index is -4.19. The molecule has 0 bridgehead atoms. The third-order valence-corrected chi connectivity index (χ3v) is 4.75. The van der Waals surface area contributed by atoms with Gasteiger partial charge in [-0.25, -0.2) is 0 Å². The molecule has 98 valence electrons. The second-order valence-corrected chi connectivity index (χ2v) is 6.47. The van der Waals surface area contributed by atoms with Crippen molar-refractivity contribution in [2.45, 2.75) is 19.3 Å². The maximum Gasteiger partial charge on any atom is 0.356 e. The summed E-state index contributed by atoms with van der Waals surface area (Å²) in [6.07, 6.45) is 2.27. The molecule has 0 saturated heterocycles. The zero-order valence-electron chi connectivity index (χ0n) is 10.4. The van der Waals surface area contributed by atoms with Crippen LogP contribution in [-0.2, 0) is 23.8 Å². The first kappa shape index (κ1) is 12.6. The van der Waals surface area contributed by atoms with Gasteiger partial charge in [-0.3, -0.25) is 4.57 Å². The monoisotopic (exact) mass is 274 g/mol. The summed E-state index contributed by atoms with van der Waals surface area (Å²) >= 11 is 0. The van der Waals surface area contributed by atoms with Crippen LogP contribution in [-0.4, -0.2) is 9.79 Å². The molecule has 0 unspecified atom stereocenters. The molecule has 0 aromatic heterocycles. The molecule has 0 atom stereocenters. The fraction of sp³-hybridized carbons (Fsp3) is 0.200. The van der Waals surface area contributed by atoms with Crippen LogP contribution in [0, 0.1) is 0 Å². The molecule has 2 N–H and O–H groups in total. The Kier molecular flexibility index (Phi) is 3.06. The van der Waals surface area contributed by atoms with Crippen LogP contribution in [0.2, 0.25) is 0 Å². The second-order valence-electron chi connectivity index (χ2n) is 4.90. The normalized spacial score (nSPS) is 14.4. The third kappa shape index (κ3) is 2.37. The number of hydrogen-bond acceptors (Lipinski definition) is 1. The maximum atomic E-state index is 11.6. The van der Waals surface area contributed by atoms with Gasteiger partial charge in [0.05, 0.1) is 5.30 Å². The first-order valence-corrected chi connectivity index (χ1v) is 7.90. The van der Waals surface area contributed by atoms with Gasteiger partial charge in [0.1, 0.15) is 0 Å². The number of rotatable bonds is 1. The Hall–Kier alpha value is -1.41. The smallest absolute Gasteiger partial charge is 0.321 e. The quantitative estimate of drug-likeness (QED) is 0.784. The molecule has 1 aliphatic carbocycles. The molecule has 0 amide bonds.